The molecule has 0 radical (unpaired) electrons. The Hall–Kier alpha value is -0.290. The number of aromatic carboxylic acids is 1. The quantitative estimate of drug-likeness (QED) is 0.863. The van der Waals surface area contributed by atoms with Crippen molar-refractivity contribution in [2.75, 3.05) is 6.26 Å². The van der Waals surface area contributed by atoms with Crippen molar-refractivity contribution in [3.8, 4) is 0 Å². The lowest BCUT2D eigenvalue weighted by molar-refractivity contribution is 0.0695. The zero-order valence-electron chi connectivity index (χ0n) is 9.67. The van der Waals surface area contributed by atoms with Crippen LogP contribution in [-0.2, 0) is 21.0 Å². The van der Waals surface area contributed by atoms with Crippen molar-refractivity contribution < 1.29 is 14.1 Å². The molecule has 0 spiro atoms. The molecule has 0 saturated carbocycles. The zero-order chi connectivity index (χ0) is 14.1. The van der Waals surface area contributed by atoms with Crippen LogP contribution in [0.1, 0.15) is 28.4 Å². The largest absolute Gasteiger partial charge is 0.478 e. The number of carboxylic acids is 1. The summed E-state index contributed by atoms with van der Waals surface area (Å²) in [7, 11) is -1.44. The summed E-state index contributed by atoms with van der Waals surface area (Å²) >= 11 is 17.5. The normalized spacial score (nSPS) is 13.4. The van der Waals surface area contributed by atoms with Gasteiger partial charge in [0, 0.05) is 16.7 Å². The highest BCUT2D eigenvalue weighted by molar-refractivity contribution is 7.84. The van der Waals surface area contributed by atoms with Gasteiger partial charge in [-0.15, -0.1) is 0 Å². The summed E-state index contributed by atoms with van der Waals surface area (Å²) in [4.78, 5) is 11.4. The molecule has 100 valence electrons. The molecule has 3 nitrogen and oxygen atoms in total. The molecule has 0 bridgehead atoms. The molecule has 0 fully saturated rings. The van der Waals surface area contributed by atoms with Crippen molar-refractivity contribution in [2.45, 2.75) is 22.0 Å². The molecule has 0 aliphatic heterocycles. The minimum absolute atomic E-state index is 0.0840. The van der Waals surface area contributed by atoms with Crippen molar-refractivity contribution >= 4 is 51.6 Å². The highest BCUT2D eigenvalue weighted by atomic mass is 35.6. The van der Waals surface area contributed by atoms with E-state index in [0.717, 1.165) is 0 Å². The number of hydrogen-bond acceptors (Lipinski definition) is 2. The van der Waals surface area contributed by atoms with Crippen LogP contribution in [0.5, 0.6) is 0 Å². The standard InChI is InChI=1S/C11H11Cl3O3S/c1-3-6-7(10(15)16)4-5-8(11(12,13)14)9(6)18(2)17/h4-5H,3H2,1-2H3,(H,15,16)/t18-/m0/s1. The van der Waals surface area contributed by atoms with Gasteiger partial charge in [-0.3, -0.25) is 4.21 Å². The molecule has 1 atom stereocenters. The Kier molecular flexibility index (Phi) is 5.06. The van der Waals surface area contributed by atoms with E-state index in [1.807, 2.05) is 0 Å². The third kappa shape index (κ3) is 3.18. The molecule has 1 N–H and O–H groups in total. The van der Waals surface area contributed by atoms with E-state index in [1.165, 1.54) is 18.4 Å². The summed E-state index contributed by atoms with van der Waals surface area (Å²) in [6.45, 7) is 1.76. The predicted octanol–water partition coefficient (Wildman–Crippen LogP) is 3.51. The lowest BCUT2D eigenvalue weighted by Crippen LogP contribution is -2.13. The lowest BCUT2D eigenvalue weighted by atomic mass is 10.0. The highest BCUT2D eigenvalue weighted by Gasteiger charge is 2.30. The van der Waals surface area contributed by atoms with Gasteiger partial charge in [0.2, 0.25) is 3.79 Å². The van der Waals surface area contributed by atoms with E-state index in [1.54, 1.807) is 6.92 Å². The first kappa shape index (κ1) is 15.8. The van der Waals surface area contributed by atoms with Crippen LogP contribution in [-0.4, -0.2) is 21.5 Å². The van der Waals surface area contributed by atoms with Crippen LogP contribution < -0.4 is 0 Å². The predicted molar refractivity (Wildman–Crippen MR) is 74.3 cm³/mol. The molecule has 0 unspecified atom stereocenters. The van der Waals surface area contributed by atoms with Gasteiger partial charge in [-0.25, -0.2) is 4.79 Å². The number of carbonyl (C=O) groups is 1. The molecule has 0 heterocycles. The molecule has 7 heteroatoms. The van der Waals surface area contributed by atoms with Crippen LogP contribution in [0.4, 0.5) is 0 Å². The van der Waals surface area contributed by atoms with E-state index in [0.29, 0.717) is 12.0 Å². The lowest BCUT2D eigenvalue weighted by Gasteiger charge is -2.19. The summed E-state index contributed by atoms with van der Waals surface area (Å²) in [5, 5.41) is 9.10. The summed E-state index contributed by atoms with van der Waals surface area (Å²) in [6, 6.07) is 2.76. The maximum absolute atomic E-state index is 11.8. The van der Waals surface area contributed by atoms with Crippen LogP contribution in [0.2, 0.25) is 0 Å². The van der Waals surface area contributed by atoms with Crippen molar-refractivity contribution in [3.05, 3.63) is 28.8 Å². The molecule has 0 aliphatic carbocycles. The zero-order valence-corrected chi connectivity index (χ0v) is 12.8. The second kappa shape index (κ2) is 5.78. The molecule has 0 amide bonds. The molecule has 0 saturated heterocycles. The van der Waals surface area contributed by atoms with Gasteiger partial charge in [0.15, 0.2) is 0 Å². The SMILES string of the molecule is CCc1c(C(=O)O)ccc(C(Cl)(Cl)Cl)c1[S@](C)=O. The number of rotatable bonds is 3. The average molecular weight is 330 g/mol. The smallest absolute Gasteiger partial charge is 0.336 e. The van der Waals surface area contributed by atoms with Gasteiger partial charge in [-0.05, 0) is 18.1 Å². The van der Waals surface area contributed by atoms with Crippen molar-refractivity contribution in [1.82, 2.24) is 0 Å². The van der Waals surface area contributed by atoms with Gasteiger partial charge in [0.25, 0.3) is 0 Å². The van der Waals surface area contributed by atoms with E-state index < -0.39 is 20.6 Å². The molecule has 18 heavy (non-hydrogen) atoms. The van der Waals surface area contributed by atoms with Crippen molar-refractivity contribution in [3.63, 3.8) is 0 Å². The van der Waals surface area contributed by atoms with Gasteiger partial charge in [0.1, 0.15) is 0 Å². The molecular weight excluding hydrogens is 319 g/mol. The fourth-order valence-electron chi connectivity index (χ4n) is 1.73. The average Bonchev–Trinajstić information content (AvgIpc) is 2.25. The maximum atomic E-state index is 11.8. The van der Waals surface area contributed by atoms with Crippen LogP contribution >= 0.6 is 34.8 Å². The first-order chi connectivity index (χ1) is 8.20. The first-order valence-electron chi connectivity index (χ1n) is 5.00. The van der Waals surface area contributed by atoms with E-state index >= 15 is 0 Å². The van der Waals surface area contributed by atoms with Crippen LogP contribution in [0.3, 0.4) is 0 Å². The minimum atomic E-state index is -1.73. The molecule has 1 aromatic carbocycles. The second-order valence-corrected chi connectivity index (χ2v) is 7.18. The Morgan fingerprint density at radius 2 is 1.94 bits per heavy atom. The number of benzene rings is 1. The summed E-state index contributed by atoms with van der Waals surface area (Å²) in [5.41, 5.74) is 0.781. The van der Waals surface area contributed by atoms with Gasteiger partial charge >= 0.3 is 5.97 Å². The number of alkyl halides is 3. The highest BCUT2D eigenvalue weighted by Crippen LogP contribution is 2.42. The second-order valence-electron chi connectivity index (χ2n) is 3.58. The van der Waals surface area contributed by atoms with Gasteiger partial charge < -0.3 is 5.11 Å². The van der Waals surface area contributed by atoms with Gasteiger partial charge in [-0.2, -0.15) is 0 Å². The monoisotopic (exact) mass is 328 g/mol. The third-order valence-electron chi connectivity index (χ3n) is 2.44. The van der Waals surface area contributed by atoms with Crippen LogP contribution in [0.25, 0.3) is 0 Å². The maximum Gasteiger partial charge on any atom is 0.336 e. The van der Waals surface area contributed by atoms with Gasteiger partial charge in [0.05, 0.1) is 16.4 Å². The Morgan fingerprint density at radius 3 is 2.28 bits per heavy atom. The Bertz CT molecular complexity index is 509. The molecule has 0 aliphatic rings. The minimum Gasteiger partial charge on any atom is -0.478 e. The molecule has 1 rings (SSSR count). The van der Waals surface area contributed by atoms with E-state index in [9.17, 15) is 9.00 Å². The van der Waals surface area contributed by atoms with E-state index in [-0.39, 0.29) is 16.0 Å². The molecular formula is C11H11Cl3O3S. The fraction of sp³-hybridized carbons (Fsp3) is 0.364. The molecule has 0 aromatic heterocycles. The molecule has 1 aromatic rings. The topological polar surface area (TPSA) is 54.4 Å². The Balaban J connectivity index is 3.70. The Morgan fingerprint density at radius 1 is 1.39 bits per heavy atom. The number of halogens is 3. The Labute approximate surface area is 122 Å². The van der Waals surface area contributed by atoms with Gasteiger partial charge in [-0.1, -0.05) is 47.8 Å². The summed E-state index contributed by atoms with van der Waals surface area (Å²) in [6.07, 6.45) is 1.82. The van der Waals surface area contributed by atoms with Crippen molar-refractivity contribution in [1.29, 1.82) is 0 Å². The van der Waals surface area contributed by atoms with Crippen LogP contribution in [0, 0.1) is 0 Å². The summed E-state index contributed by atoms with van der Waals surface area (Å²) in [5.74, 6) is -1.09. The third-order valence-corrected chi connectivity index (χ3v) is 4.09. The fourth-order valence-corrected chi connectivity index (χ4v) is 3.50. The first-order valence-corrected chi connectivity index (χ1v) is 7.69. The van der Waals surface area contributed by atoms with E-state index in [2.05, 4.69) is 0 Å². The summed E-state index contributed by atoms with van der Waals surface area (Å²) < 4.78 is 10.1. The van der Waals surface area contributed by atoms with E-state index in [4.69, 9.17) is 39.9 Å². The number of hydrogen-bond donors (Lipinski definition) is 1. The van der Waals surface area contributed by atoms with Crippen LogP contribution in [0.15, 0.2) is 17.0 Å². The number of carboxylic acid groups (broad SMARTS) is 1. The van der Waals surface area contributed by atoms with Crippen molar-refractivity contribution in [2.24, 2.45) is 0 Å².